The summed E-state index contributed by atoms with van der Waals surface area (Å²) < 4.78 is 10.4. The SMILES string of the molecule is N.O=[PH](O)Cc1ccccc1O. The fourth-order valence-corrected chi connectivity index (χ4v) is 1.45. The van der Waals surface area contributed by atoms with Gasteiger partial charge in [0.1, 0.15) is 5.75 Å². The quantitative estimate of drug-likeness (QED) is 0.615. The van der Waals surface area contributed by atoms with Crippen LogP contribution in [0.5, 0.6) is 5.75 Å². The summed E-state index contributed by atoms with van der Waals surface area (Å²) >= 11 is 0. The predicted octanol–water partition coefficient (Wildman–Crippen LogP) is 1.52. The monoisotopic (exact) mass is 189 g/mol. The molecule has 0 spiro atoms. The van der Waals surface area contributed by atoms with Crippen LogP contribution in [0.4, 0.5) is 0 Å². The minimum Gasteiger partial charge on any atom is -0.508 e. The van der Waals surface area contributed by atoms with Gasteiger partial charge in [0.2, 0.25) is 0 Å². The maximum Gasteiger partial charge on any atom is 0.193 e. The highest BCUT2D eigenvalue weighted by Gasteiger charge is 2.01. The maximum atomic E-state index is 10.4. The molecule has 1 unspecified atom stereocenters. The van der Waals surface area contributed by atoms with E-state index in [0.29, 0.717) is 5.56 Å². The summed E-state index contributed by atoms with van der Waals surface area (Å²) in [5.74, 6) is 0.0832. The van der Waals surface area contributed by atoms with Crippen LogP contribution < -0.4 is 6.15 Å². The maximum absolute atomic E-state index is 10.4. The Labute approximate surface area is 71.3 Å². The van der Waals surface area contributed by atoms with Gasteiger partial charge in [0.05, 0.1) is 6.16 Å². The van der Waals surface area contributed by atoms with E-state index in [-0.39, 0.29) is 18.1 Å². The molecule has 0 aliphatic heterocycles. The lowest BCUT2D eigenvalue weighted by atomic mass is 10.2. The van der Waals surface area contributed by atoms with E-state index in [2.05, 4.69) is 0 Å². The van der Waals surface area contributed by atoms with Gasteiger partial charge < -0.3 is 16.2 Å². The summed E-state index contributed by atoms with van der Waals surface area (Å²) in [5.41, 5.74) is 0.527. The number of para-hydroxylation sites is 1. The first-order chi connectivity index (χ1) is 5.20. The third-order valence-electron chi connectivity index (χ3n) is 1.33. The van der Waals surface area contributed by atoms with Crippen molar-refractivity contribution in [2.45, 2.75) is 6.16 Å². The van der Waals surface area contributed by atoms with Crippen LogP contribution in [0.25, 0.3) is 0 Å². The highest BCUT2D eigenvalue weighted by atomic mass is 31.1. The Kier molecular flexibility index (Phi) is 4.59. The van der Waals surface area contributed by atoms with Gasteiger partial charge in [-0.25, -0.2) is 0 Å². The molecule has 0 aliphatic rings. The van der Waals surface area contributed by atoms with Crippen LogP contribution in [-0.4, -0.2) is 10.00 Å². The topological polar surface area (TPSA) is 92.5 Å². The minimum atomic E-state index is -2.52. The van der Waals surface area contributed by atoms with E-state index in [1.807, 2.05) is 0 Å². The Hall–Kier alpha value is -0.830. The molecule has 0 bridgehead atoms. The van der Waals surface area contributed by atoms with E-state index in [9.17, 15) is 4.57 Å². The van der Waals surface area contributed by atoms with Crippen molar-refractivity contribution in [3.05, 3.63) is 29.8 Å². The number of phenols is 1. The normalized spacial score (nSPS) is 11.8. The Balaban J connectivity index is 0.00000121. The van der Waals surface area contributed by atoms with Crippen molar-refractivity contribution < 1.29 is 14.6 Å². The summed E-state index contributed by atoms with van der Waals surface area (Å²) in [7, 11) is -2.52. The first-order valence-electron chi connectivity index (χ1n) is 3.19. The molecule has 0 fully saturated rings. The number of benzene rings is 1. The molecule has 5 heteroatoms. The zero-order valence-corrected chi connectivity index (χ0v) is 7.53. The molecule has 1 aromatic carbocycles. The van der Waals surface area contributed by atoms with Gasteiger partial charge in [-0.3, -0.25) is 4.57 Å². The third kappa shape index (κ3) is 3.05. The van der Waals surface area contributed by atoms with Crippen LogP contribution in [0.2, 0.25) is 0 Å². The Morgan fingerprint density at radius 3 is 2.42 bits per heavy atom. The number of phenolic OH excluding ortho intramolecular Hbond substituents is 1. The highest BCUT2D eigenvalue weighted by molar-refractivity contribution is 7.37. The summed E-state index contributed by atoms with van der Waals surface area (Å²) in [6, 6.07) is 6.53. The van der Waals surface area contributed by atoms with E-state index >= 15 is 0 Å². The molecule has 1 rings (SSSR count). The van der Waals surface area contributed by atoms with Gasteiger partial charge >= 0.3 is 0 Å². The van der Waals surface area contributed by atoms with Crippen LogP contribution in [0, 0.1) is 0 Å². The first-order valence-corrected chi connectivity index (χ1v) is 4.75. The third-order valence-corrected chi connectivity index (χ3v) is 2.02. The van der Waals surface area contributed by atoms with E-state index in [0.717, 1.165) is 0 Å². The van der Waals surface area contributed by atoms with Gasteiger partial charge in [-0.2, -0.15) is 0 Å². The van der Waals surface area contributed by atoms with Gasteiger partial charge in [0.15, 0.2) is 8.03 Å². The Bertz CT molecular complexity index is 277. The second-order valence-electron chi connectivity index (χ2n) is 2.20. The van der Waals surface area contributed by atoms with Crippen LogP contribution in [0.1, 0.15) is 5.56 Å². The van der Waals surface area contributed by atoms with Gasteiger partial charge in [-0.1, -0.05) is 18.2 Å². The second-order valence-corrected chi connectivity index (χ2v) is 3.34. The molecule has 0 amide bonds. The first kappa shape index (κ1) is 11.2. The Morgan fingerprint density at radius 2 is 1.92 bits per heavy atom. The van der Waals surface area contributed by atoms with Gasteiger partial charge in [0, 0.05) is 5.56 Å². The van der Waals surface area contributed by atoms with Crippen LogP contribution in [0.3, 0.4) is 0 Å². The summed E-state index contributed by atoms with van der Waals surface area (Å²) in [6.45, 7) is 0. The highest BCUT2D eigenvalue weighted by Crippen LogP contribution is 2.26. The van der Waals surface area contributed by atoms with Crippen molar-refractivity contribution in [3.8, 4) is 5.75 Å². The fourth-order valence-electron chi connectivity index (χ4n) is 0.823. The Morgan fingerprint density at radius 1 is 1.33 bits per heavy atom. The molecule has 0 aliphatic carbocycles. The number of hydrogen-bond donors (Lipinski definition) is 3. The molecule has 0 heterocycles. The van der Waals surface area contributed by atoms with Crippen LogP contribution in [-0.2, 0) is 10.7 Å². The van der Waals surface area contributed by atoms with Crippen molar-refractivity contribution >= 4 is 8.03 Å². The van der Waals surface area contributed by atoms with Gasteiger partial charge in [0.25, 0.3) is 0 Å². The summed E-state index contributed by atoms with van der Waals surface area (Å²) in [5, 5.41) is 9.13. The predicted molar refractivity (Wildman–Crippen MR) is 48.1 cm³/mol. The lowest BCUT2D eigenvalue weighted by molar-refractivity contribution is 0.466. The molecule has 68 valence electrons. The molecule has 0 radical (unpaired) electrons. The summed E-state index contributed by atoms with van der Waals surface area (Å²) in [6.07, 6.45) is 0.0529. The molecule has 0 saturated heterocycles. The molecule has 12 heavy (non-hydrogen) atoms. The van der Waals surface area contributed by atoms with E-state index in [1.54, 1.807) is 18.2 Å². The molecular weight excluding hydrogens is 177 g/mol. The van der Waals surface area contributed by atoms with Gasteiger partial charge in [-0.05, 0) is 6.07 Å². The lowest BCUT2D eigenvalue weighted by Gasteiger charge is -1.99. The number of aromatic hydroxyl groups is 1. The largest absolute Gasteiger partial charge is 0.508 e. The molecule has 1 atom stereocenters. The molecule has 5 N–H and O–H groups in total. The van der Waals surface area contributed by atoms with Crippen molar-refractivity contribution in [2.75, 3.05) is 0 Å². The van der Waals surface area contributed by atoms with Crippen LogP contribution in [0.15, 0.2) is 24.3 Å². The fraction of sp³-hybridized carbons (Fsp3) is 0.143. The number of hydrogen-bond acceptors (Lipinski definition) is 3. The van der Waals surface area contributed by atoms with E-state index in [4.69, 9.17) is 10.00 Å². The van der Waals surface area contributed by atoms with Crippen LogP contribution >= 0.6 is 8.03 Å². The molecule has 1 aromatic rings. The zero-order valence-electron chi connectivity index (χ0n) is 6.53. The molecular formula is C7H12NO3P. The average Bonchev–Trinajstić information content (AvgIpc) is 1.93. The zero-order chi connectivity index (χ0) is 8.27. The van der Waals surface area contributed by atoms with Crippen molar-refractivity contribution in [1.29, 1.82) is 0 Å². The van der Waals surface area contributed by atoms with E-state index < -0.39 is 8.03 Å². The lowest BCUT2D eigenvalue weighted by Crippen LogP contribution is -1.79. The standard InChI is InChI=1S/C7H9O3P.H3N/c8-7-4-2-1-3-6(7)5-11(9)10;/h1-4,8,11H,5H2,(H,9,10);1H3. The van der Waals surface area contributed by atoms with Crippen molar-refractivity contribution in [1.82, 2.24) is 6.15 Å². The minimum absolute atomic E-state index is 0. The van der Waals surface area contributed by atoms with E-state index in [1.165, 1.54) is 6.07 Å². The molecule has 0 aromatic heterocycles. The van der Waals surface area contributed by atoms with Gasteiger partial charge in [-0.15, -0.1) is 0 Å². The number of rotatable bonds is 2. The smallest absolute Gasteiger partial charge is 0.193 e. The van der Waals surface area contributed by atoms with Crippen molar-refractivity contribution in [2.24, 2.45) is 0 Å². The molecule has 0 saturated carbocycles. The average molecular weight is 189 g/mol. The second kappa shape index (κ2) is 4.93. The van der Waals surface area contributed by atoms with Crippen molar-refractivity contribution in [3.63, 3.8) is 0 Å². The molecule has 4 nitrogen and oxygen atoms in total. The summed E-state index contributed by atoms with van der Waals surface area (Å²) in [4.78, 5) is 8.57.